The SMILES string of the molecule is N#Cc1nnn(-c2ccc(F)cc2)c1-c1cccc(Cl)c1. The van der Waals surface area contributed by atoms with Gasteiger partial charge in [-0.05, 0) is 36.4 Å². The highest BCUT2D eigenvalue weighted by Gasteiger charge is 2.16. The third kappa shape index (κ3) is 2.49. The Morgan fingerprint density at radius 1 is 1.14 bits per heavy atom. The van der Waals surface area contributed by atoms with Gasteiger partial charge in [0.2, 0.25) is 0 Å². The van der Waals surface area contributed by atoms with E-state index in [2.05, 4.69) is 10.3 Å². The van der Waals surface area contributed by atoms with Crippen molar-refractivity contribution in [1.82, 2.24) is 15.0 Å². The summed E-state index contributed by atoms with van der Waals surface area (Å²) >= 11 is 5.99. The fraction of sp³-hybridized carbons (Fsp3) is 0. The van der Waals surface area contributed by atoms with Gasteiger partial charge < -0.3 is 0 Å². The van der Waals surface area contributed by atoms with Crippen LogP contribution in [0.15, 0.2) is 48.5 Å². The topological polar surface area (TPSA) is 54.5 Å². The molecule has 0 aliphatic heterocycles. The maximum Gasteiger partial charge on any atom is 0.191 e. The summed E-state index contributed by atoms with van der Waals surface area (Å²) in [6.07, 6.45) is 0. The van der Waals surface area contributed by atoms with E-state index in [9.17, 15) is 9.65 Å². The van der Waals surface area contributed by atoms with Crippen molar-refractivity contribution in [3.63, 3.8) is 0 Å². The molecule has 102 valence electrons. The van der Waals surface area contributed by atoms with E-state index in [0.717, 1.165) is 0 Å². The van der Waals surface area contributed by atoms with Crippen molar-refractivity contribution in [3.8, 4) is 23.0 Å². The number of aromatic nitrogens is 3. The lowest BCUT2D eigenvalue weighted by atomic mass is 10.1. The summed E-state index contributed by atoms with van der Waals surface area (Å²) in [4.78, 5) is 0. The molecule has 1 aromatic heterocycles. The third-order valence-electron chi connectivity index (χ3n) is 2.95. The zero-order chi connectivity index (χ0) is 14.8. The summed E-state index contributed by atoms with van der Waals surface area (Å²) in [6, 6.07) is 14.8. The van der Waals surface area contributed by atoms with Gasteiger partial charge in [0.15, 0.2) is 5.69 Å². The molecule has 21 heavy (non-hydrogen) atoms. The van der Waals surface area contributed by atoms with Gasteiger partial charge in [0, 0.05) is 10.6 Å². The Bertz CT molecular complexity index is 834. The zero-order valence-electron chi connectivity index (χ0n) is 10.7. The minimum Gasteiger partial charge on any atom is -0.211 e. The Balaban J connectivity index is 2.22. The first-order valence-electron chi connectivity index (χ1n) is 6.07. The predicted octanol–water partition coefficient (Wildman–Crippen LogP) is 3.60. The fourth-order valence-electron chi connectivity index (χ4n) is 2.01. The van der Waals surface area contributed by atoms with Gasteiger partial charge in [0.25, 0.3) is 0 Å². The lowest BCUT2D eigenvalue weighted by Crippen LogP contribution is -1.99. The van der Waals surface area contributed by atoms with Gasteiger partial charge in [-0.1, -0.05) is 28.9 Å². The molecule has 0 spiro atoms. The van der Waals surface area contributed by atoms with Crippen molar-refractivity contribution >= 4 is 11.6 Å². The van der Waals surface area contributed by atoms with Crippen molar-refractivity contribution < 1.29 is 4.39 Å². The highest BCUT2D eigenvalue weighted by Crippen LogP contribution is 2.27. The summed E-state index contributed by atoms with van der Waals surface area (Å²) in [5.41, 5.74) is 2.03. The zero-order valence-corrected chi connectivity index (χ0v) is 11.4. The van der Waals surface area contributed by atoms with Crippen LogP contribution < -0.4 is 0 Å². The molecule has 0 amide bonds. The van der Waals surface area contributed by atoms with Crippen LogP contribution in [0.3, 0.4) is 0 Å². The van der Waals surface area contributed by atoms with Crippen LogP contribution in [0.5, 0.6) is 0 Å². The molecule has 6 heteroatoms. The summed E-state index contributed by atoms with van der Waals surface area (Å²) in [7, 11) is 0. The van der Waals surface area contributed by atoms with Crippen LogP contribution in [0.2, 0.25) is 5.02 Å². The van der Waals surface area contributed by atoms with E-state index < -0.39 is 0 Å². The molecule has 3 aromatic rings. The maximum atomic E-state index is 13.0. The largest absolute Gasteiger partial charge is 0.211 e. The van der Waals surface area contributed by atoms with Crippen LogP contribution >= 0.6 is 11.6 Å². The lowest BCUT2D eigenvalue weighted by Gasteiger charge is -2.07. The molecule has 0 atom stereocenters. The van der Waals surface area contributed by atoms with Gasteiger partial charge in [-0.3, -0.25) is 0 Å². The van der Waals surface area contributed by atoms with Crippen LogP contribution in [0.1, 0.15) is 5.69 Å². The molecule has 3 rings (SSSR count). The molecule has 0 radical (unpaired) electrons. The van der Waals surface area contributed by atoms with Crippen LogP contribution in [0.25, 0.3) is 16.9 Å². The maximum absolute atomic E-state index is 13.0. The molecule has 1 heterocycles. The first-order valence-corrected chi connectivity index (χ1v) is 6.44. The van der Waals surface area contributed by atoms with Crippen LogP contribution in [0, 0.1) is 17.1 Å². The van der Waals surface area contributed by atoms with E-state index in [4.69, 9.17) is 11.6 Å². The molecule has 0 fully saturated rings. The minimum atomic E-state index is -0.344. The highest BCUT2D eigenvalue weighted by molar-refractivity contribution is 6.30. The van der Waals surface area contributed by atoms with Crippen molar-refractivity contribution in [2.24, 2.45) is 0 Å². The summed E-state index contributed by atoms with van der Waals surface area (Å²) in [5.74, 6) is -0.344. The molecular weight excluding hydrogens is 291 g/mol. The van der Waals surface area contributed by atoms with Gasteiger partial charge in [-0.15, -0.1) is 5.10 Å². The number of halogens is 2. The third-order valence-corrected chi connectivity index (χ3v) is 3.18. The number of nitrogens with zero attached hydrogens (tertiary/aromatic N) is 4. The molecule has 0 aliphatic carbocycles. The molecular formula is C15H8ClFN4. The van der Waals surface area contributed by atoms with Crippen molar-refractivity contribution in [2.45, 2.75) is 0 Å². The molecule has 2 aromatic carbocycles. The Hall–Kier alpha value is -2.71. The van der Waals surface area contributed by atoms with E-state index >= 15 is 0 Å². The van der Waals surface area contributed by atoms with Crippen LogP contribution in [0.4, 0.5) is 4.39 Å². The van der Waals surface area contributed by atoms with Gasteiger partial charge in [0.1, 0.15) is 17.6 Å². The van der Waals surface area contributed by atoms with Gasteiger partial charge in [0.05, 0.1) is 5.69 Å². The average Bonchev–Trinajstić information content (AvgIpc) is 2.92. The Kier molecular flexibility index (Phi) is 3.38. The summed E-state index contributed by atoms with van der Waals surface area (Å²) < 4.78 is 14.5. The first-order chi connectivity index (χ1) is 10.2. The first kappa shape index (κ1) is 13.3. The lowest BCUT2D eigenvalue weighted by molar-refractivity contribution is 0.627. The Morgan fingerprint density at radius 2 is 1.90 bits per heavy atom. The summed E-state index contributed by atoms with van der Waals surface area (Å²) in [6.45, 7) is 0. The van der Waals surface area contributed by atoms with Crippen molar-refractivity contribution in [2.75, 3.05) is 0 Å². The second-order valence-corrected chi connectivity index (χ2v) is 4.73. The number of hydrogen-bond donors (Lipinski definition) is 0. The van der Waals surface area contributed by atoms with Crippen LogP contribution in [-0.4, -0.2) is 15.0 Å². The Labute approximate surface area is 125 Å². The van der Waals surface area contributed by atoms with E-state index in [0.29, 0.717) is 22.0 Å². The smallest absolute Gasteiger partial charge is 0.191 e. The molecule has 0 unspecified atom stereocenters. The molecule has 0 N–H and O–H groups in total. The number of nitriles is 1. The predicted molar refractivity (Wildman–Crippen MR) is 76.5 cm³/mol. The quantitative estimate of drug-likeness (QED) is 0.726. The standard InChI is InChI=1S/C15H8ClFN4/c16-11-3-1-2-10(8-11)15-14(9-18)19-20-21(15)13-6-4-12(17)5-7-13/h1-8H. The van der Waals surface area contributed by atoms with Crippen LogP contribution in [-0.2, 0) is 0 Å². The van der Waals surface area contributed by atoms with Gasteiger partial charge >= 0.3 is 0 Å². The summed E-state index contributed by atoms with van der Waals surface area (Å²) in [5, 5.41) is 17.6. The fourth-order valence-corrected chi connectivity index (χ4v) is 2.21. The highest BCUT2D eigenvalue weighted by atomic mass is 35.5. The van der Waals surface area contributed by atoms with Crippen molar-refractivity contribution in [1.29, 1.82) is 5.26 Å². The van der Waals surface area contributed by atoms with E-state index in [1.807, 2.05) is 12.1 Å². The van der Waals surface area contributed by atoms with Crippen molar-refractivity contribution in [3.05, 3.63) is 65.1 Å². The number of rotatable bonds is 2. The molecule has 0 saturated carbocycles. The Morgan fingerprint density at radius 3 is 2.57 bits per heavy atom. The number of benzene rings is 2. The number of hydrogen-bond acceptors (Lipinski definition) is 3. The molecule has 0 aliphatic rings. The second kappa shape index (κ2) is 5.35. The van der Waals surface area contributed by atoms with E-state index in [1.54, 1.807) is 30.3 Å². The second-order valence-electron chi connectivity index (χ2n) is 4.30. The average molecular weight is 299 g/mol. The normalized spacial score (nSPS) is 10.3. The monoisotopic (exact) mass is 298 g/mol. The van der Waals surface area contributed by atoms with E-state index in [-0.39, 0.29) is 11.5 Å². The van der Waals surface area contributed by atoms with Gasteiger partial charge in [-0.2, -0.15) is 5.26 Å². The molecule has 4 nitrogen and oxygen atoms in total. The van der Waals surface area contributed by atoms with Gasteiger partial charge in [-0.25, -0.2) is 9.07 Å². The minimum absolute atomic E-state index is 0.182. The van der Waals surface area contributed by atoms with E-state index in [1.165, 1.54) is 16.8 Å². The molecule has 0 saturated heterocycles. The molecule has 0 bridgehead atoms.